The van der Waals surface area contributed by atoms with Crippen molar-refractivity contribution in [2.24, 2.45) is 5.90 Å². The summed E-state index contributed by atoms with van der Waals surface area (Å²) in [5.41, 5.74) is 2.56. The van der Waals surface area contributed by atoms with Crippen LogP contribution in [-0.2, 0) is 21.4 Å². The Morgan fingerprint density at radius 3 is 2.69 bits per heavy atom. The highest BCUT2D eigenvalue weighted by Crippen LogP contribution is 2.24. The van der Waals surface area contributed by atoms with Gasteiger partial charge < -0.3 is 9.57 Å². The molecule has 0 bridgehead atoms. The van der Waals surface area contributed by atoms with E-state index in [2.05, 4.69) is 43.0 Å². The summed E-state index contributed by atoms with van der Waals surface area (Å²) in [5.74, 6) is 5.03. The van der Waals surface area contributed by atoms with Crippen LogP contribution in [0.1, 0.15) is 25.0 Å². The molecule has 2 N–H and O–H groups in total. The summed E-state index contributed by atoms with van der Waals surface area (Å²) in [7, 11) is 1.73. The van der Waals surface area contributed by atoms with Gasteiger partial charge in [-0.1, -0.05) is 38.1 Å². The van der Waals surface area contributed by atoms with Gasteiger partial charge in [-0.05, 0) is 17.5 Å². The smallest absolute Gasteiger partial charge is 0.0719 e. The highest BCUT2D eigenvalue weighted by Gasteiger charge is 2.20. The lowest BCUT2D eigenvalue weighted by Gasteiger charge is -2.24. The largest absolute Gasteiger partial charge is 0.384 e. The lowest BCUT2D eigenvalue weighted by molar-refractivity contribution is 0.141. The fourth-order valence-corrected chi connectivity index (χ4v) is 1.77. The lowest BCUT2D eigenvalue weighted by Crippen LogP contribution is -2.23. The van der Waals surface area contributed by atoms with E-state index in [1.54, 1.807) is 7.11 Å². The number of hydrogen-bond donors (Lipinski definition) is 1. The number of nitrogens with two attached hydrogens (primary N) is 1. The van der Waals surface area contributed by atoms with Gasteiger partial charge in [0.2, 0.25) is 0 Å². The Morgan fingerprint density at radius 1 is 1.31 bits per heavy atom. The third-order valence-electron chi connectivity index (χ3n) is 2.72. The summed E-state index contributed by atoms with van der Waals surface area (Å²) in [6.07, 6.45) is 0.841. The quantitative estimate of drug-likeness (QED) is 0.751. The van der Waals surface area contributed by atoms with Gasteiger partial charge in [-0.15, -0.1) is 0 Å². The van der Waals surface area contributed by atoms with Crippen LogP contribution in [0, 0.1) is 0 Å². The normalized spacial score (nSPS) is 11.8. The van der Waals surface area contributed by atoms with Crippen LogP contribution in [-0.4, -0.2) is 20.3 Å². The van der Waals surface area contributed by atoms with Crippen molar-refractivity contribution in [1.29, 1.82) is 0 Å². The zero-order chi connectivity index (χ0) is 12.0. The van der Waals surface area contributed by atoms with E-state index in [1.807, 2.05) is 0 Å². The Labute approximate surface area is 97.5 Å². The third kappa shape index (κ3) is 3.59. The molecule has 16 heavy (non-hydrogen) atoms. The van der Waals surface area contributed by atoms with Crippen LogP contribution in [0.2, 0.25) is 0 Å². The maximum Gasteiger partial charge on any atom is 0.0719 e. The molecule has 0 radical (unpaired) electrons. The van der Waals surface area contributed by atoms with Gasteiger partial charge in [0.25, 0.3) is 0 Å². The minimum atomic E-state index is 0.0360. The fraction of sp³-hybridized carbons (Fsp3) is 0.538. The molecule has 0 fully saturated rings. The summed E-state index contributed by atoms with van der Waals surface area (Å²) in [6, 6.07) is 8.48. The zero-order valence-corrected chi connectivity index (χ0v) is 10.3. The van der Waals surface area contributed by atoms with E-state index in [1.165, 1.54) is 11.1 Å². The van der Waals surface area contributed by atoms with Gasteiger partial charge in [0, 0.05) is 12.5 Å². The van der Waals surface area contributed by atoms with Crippen molar-refractivity contribution in [2.75, 3.05) is 20.3 Å². The average Bonchev–Trinajstić information content (AvgIpc) is 2.27. The van der Waals surface area contributed by atoms with E-state index in [4.69, 9.17) is 10.6 Å². The van der Waals surface area contributed by atoms with Gasteiger partial charge >= 0.3 is 0 Å². The van der Waals surface area contributed by atoms with Gasteiger partial charge in [-0.2, -0.15) is 0 Å². The van der Waals surface area contributed by atoms with Crippen molar-refractivity contribution in [3.63, 3.8) is 0 Å². The Hall–Kier alpha value is -0.900. The van der Waals surface area contributed by atoms with Gasteiger partial charge in [-0.3, -0.25) is 0 Å². The Bertz CT molecular complexity index is 323. The summed E-state index contributed by atoms with van der Waals surface area (Å²) in [5, 5.41) is 0. The molecule has 0 saturated carbocycles. The minimum absolute atomic E-state index is 0.0360. The molecule has 0 aromatic heterocycles. The van der Waals surface area contributed by atoms with Gasteiger partial charge in [0.1, 0.15) is 0 Å². The van der Waals surface area contributed by atoms with Crippen LogP contribution in [0.5, 0.6) is 0 Å². The second-order valence-corrected chi connectivity index (χ2v) is 4.64. The molecule has 1 aromatic rings. The van der Waals surface area contributed by atoms with E-state index in [-0.39, 0.29) is 5.41 Å². The first-order chi connectivity index (χ1) is 7.60. The molecule has 1 aromatic carbocycles. The second-order valence-electron chi connectivity index (χ2n) is 4.64. The number of benzene rings is 1. The van der Waals surface area contributed by atoms with Crippen LogP contribution in [0.4, 0.5) is 0 Å². The Balaban J connectivity index is 2.80. The fourth-order valence-electron chi connectivity index (χ4n) is 1.77. The molecule has 0 unspecified atom stereocenters. The highest BCUT2D eigenvalue weighted by atomic mass is 16.6. The first kappa shape index (κ1) is 13.2. The summed E-state index contributed by atoms with van der Waals surface area (Å²) in [6.45, 7) is 5.61. The number of ether oxygens (including phenoxy) is 1. The number of rotatable bonds is 6. The molecular weight excluding hydrogens is 202 g/mol. The first-order valence-corrected chi connectivity index (χ1v) is 5.50. The molecule has 0 aliphatic heterocycles. The van der Waals surface area contributed by atoms with Crippen LogP contribution < -0.4 is 5.90 Å². The predicted molar refractivity (Wildman–Crippen MR) is 65.2 cm³/mol. The molecule has 0 aliphatic carbocycles. The van der Waals surface area contributed by atoms with Crippen LogP contribution in [0.15, 0.2) is 24.3 Å². The molecule has 0 heterocycles. The molecule has 0 amide bonds. The molecule has 0 saturated heterocycles. The third-order valence-corrected chi connectivity index (χ3v) is 2.72. The highest BCUT2D eigenvalue weighted by molar-refractivity contribution is 5.29. The van der Waals surface area contributed by atoms with Crippen molar-refractivity contribution < 1.29 is 9.57 Å². The molecule has 0 aliphatic rings. The van der Waals surface area contributed by atoms with Crippen molar-refractivity contribution >= 4 is 0 Å². The zero-order valence-electron chi connectivity index (χ0n) is 10.3. The summed E-state index contributed by atoms with van der Waals surface area (Å²) in [4.78, 5) is 4.59. The van der Waals surface area contributed by atoms with E-state index >= 15 is 0 Å². The molecule has 0 atom stereocenters. The molecule has 3 nitrogen and oxygen atoms in total. The maximum absolute atomic E-state index is 5.24. The van der Waals surface area contributed by atoms with Crippen molar-refractivity contribution in [2.45, 2.75) is 25.7 Å². The molecule has 3 heteroatoms. The molecular formula is C13H21NO2. The predicted octanol–water partition coefficient (Wildman–Crippen LogP) is 2.04. The number of hydrogen-bond acceptors (Lipinski definition) is 3. The summed E-state index contributed by atoms with van der Waals surface area (Å²) < 4.78 is 5.24. The van der Waals surface area contributed by atoms with Crippen LogP contribution in [0.3, 0.4) is 0 Å². The van der Waals surface area contributed by atoms with Gasteiger partial charge in [-0.25, -0.2) is 5.90 Å². The molecule has 1 rings (SSSR count). The monoisotopic (exact) mass is 223 g/mol. The van der Waals surface area contributed by atoms with E-state index in [0.29, 0.717) is 13.2 Å². The lowest BCUT2D eigenvalue weighted by atomic mass is 9.84. The maximum atomic E-state index is 5.24. The van der Waals surface area contributed by atoms with Crippen molar-refractivity contribution in [3.8, 4) is 0 Å². The second kappa shape index (κ2) is 5.99. The van der Waals surface area contributed by atoms with E-state index < -0.39 is 0 Å². The Kier molecular flexibility index (Phi) is 4.93. The number of methoxy groups -OCH3 is 1. The van der Waals surface area contributed by atoms with Gasteiger partial charge in [0.15, 0.2) is 0 Å². The van der Waals surface area contributed by atoms with Crippen LogP contribution in [0.25, 0.3) is 0 Å². The average molecular weight is 223 g/mol. The minimum Gasteiger partial charge on any atom is -0.384 e. The van der Waals surface area contributed by atoms with Crippen LogP contribution >= 0.6 is 0 Å². The first-order valence-electron chi connectivity index (χ1n) is 5.50. The molecule has 90 valence electrons. The topological polar surface area (TPSA) is 44.5 Å². The standard InChI is InChI=1S/C13H21NO2/c1-13(2,10-15-3)12-6-4-5-11(9-12)7-8-16-14/h4-6,9H,7-8,10,14H2,1-3H3. The van der Waals surface area contributed by atoms with E-state index in [9.17, 15) is 0 Å². The van der Waals surface area contributed by atoms with Crippen molar-refractivity contribution in [1.82, 2.24) is 0 Å². The van der Waals surface area contributed by atoms with Gasteiger partial charge in [0.05, 0.1) is 13.2 Å². The SMILES string of the molecule is COCC(C)(C)c1cccc(CCON)c1. The van der Waals surface area contributed by atoms with Crippen molar-refractivity contribution in [3.05, 3.63) is 35.4 Å². The van der Waals surface area contributed by atoms with E-state index in [0.717, 1.165) is 6.42 Å². The summed E-state index contributed by atoms with van der Waals surface area (Å²) >= 11 is 0. The molecule has 0 spiro atoms. The Morgan fingerprint density at radius 2 is 2.06 bits per heavy atom.